The van der Waals surface area contributed by atoms with E-state index < -0.39 is 6.10 Å². The Bertz CT molecular complexity index is 525. The summed E-state index contributed by atoms with van der Waals surface area (Å²) < 4.78 is 13.2. The SMILES string of the molecule is O=C(NC1CC1)C(O)C1CCN(Cc2cccc(F)c2)CC1. The van der Waals surface area contributed by atoms with Gasteiger partial charge in [0.25, 0.3) is 0 Å². The summed E-state index contributed by atoms with van der Waals surface area (Å²) in [5, 5.41) is 13.0. The fourth-order valence-electron chi connectivity index (χ4n) is 3.05. The Kier molecular flexibility index (Phi) is 4.74. The minimum atomic E-state index is -0.892. The predicted molar refractivity (Wildman–Crippen MR) is 81.6 cm³/mol. The highest BCUT2D eigenvalue weighted by atomic mass is 19.1. The zero-order valence-corrected chi connectivity index (χ0v) is 12.7. The topological polar surface area (TPSA) is 52.6 Å². The monoisotopic (exact) mass is 306 g/mol. The third kappa shape index (κ3) is 4.05. The van der Waals surface area contributed by atoms with E-state index in [9.17, 15) is 14.3 Å². The second kappa shape index (κ2) is 6.75. The lowest BCUT2D eigenvalue weighted by Gasteiger charge is -2.33. The molecule has 0 radical (unpaired) electrons. The number of carbonyl (C=O) groups is 1. The first-order valence-electron chi connectivity index (χ1n) is 8.07. The molecular formula is C17H23FN2O2. The molecule has 2 fully saturated rings. The third-order valence-electron chi connectivity index (χ3n) is 4.57. The number of nitrogens with one attached hydrogen (secondary N) is 1. The molecule has 0 bridgehead atoms. The molecule has 1 amide bonds. The molecule has 1 unspecified atom stereocenters. The fraction of sp³-hybridized carbons (Fsp3) is 0.588. The van der Waals surface area contributed by atoms with Gasteiger partial charge in [-0.1, -0.05) is 12.1 Å². The number of halogens is 1. The Balaban J connectivity index is 1.46. The predicted octanol–water partition coefficient (Wildman–Crippen LogP) is 1.68. The fourth-order valence-corrected chi connectivity index (χ4v) is 3.05. The van der Waals surface area contributed by atoms with E-state index in [-0.39, 0.29) is 23.7 Å². The first-order chi connectivity index (χ1) is 10.6. The number of hydrogen-bond acceptors (Lipinski definition) is 3. The standard InChI is InChI=1S/C17H23FN2O2/c18-14-3-1-2-12(10-14)11-20-8-6-13(7-9-20)16(21)17(22)19-15-4-5-15/h1-3,10,13,15-16,21H,4-9,11H2,(H,19,22). The van der Waals surface area contributed by atoms with E-state index in [0.717, 1.165) is 50.9 Å². The quantitative estimate of drug-likeness (QED) is 0.870. The van der Waals surface area contributed by atoms with Gasteiger partial charge in [-0.05, 0) is 62.4 Å². The number of benzene rings is 1. The van der Waals surface area contributed by atoms with Gasteiger partial charge < -0.3 is 10.4 Å². The summed E-state index contributed by atoms with van der Waals surface area (Å²) in [5.74, 6) is -0.395. The number of amides is 1. The molecule has 2 aliphatic rings. The van der Waals surface area contributed by atoms with Crippen LogP contribution in [0, 0.1) is 11.7 Å². The molecule has 1 saturated carbocycles. The van der Waals surface area contributed by atoms with Gasteiger partial charge >= 0.3 is 0 Å². The molecule has 1 aromatic rings. The van der Waals surface area contributed by atoms with Crippen molar-refractivity contribution in [3.05, 3.63) is 35.6 Å². The number of piperidine rings is 1. The van der Waals surface area contributed by atoms with Crippen molar-refractivity contribution < 1.29 is 14.3 Å². The Hall–Kier alpha value is -1.46. The summed E-state index contributed by atoms with van der Waals surface area (Å²) in [6.07, 6.45) is 2.77. The van der Waals surface area contributed by atoms with Gasteiger partial charge in [0.05, 0.1) is 0 Å². The van der Waals surface area contributed by atoms with Gasteiger partial charge in [0.15, 0.2) is 0 Å². The lowest BCUT2D eigenvalue weighted by molar-refractivity contribution is -0.133. The van der Waals surface area contributed by atoms with Gasteiger partial charge in [-0.15, -0.1) is 0 Å². The average Bonchev–Trinajstić information content (AvgIpc) is 3.31. The molecule has 0 spiro atoms. The second-order valence-electron chi connectivity index (χ2n) is 6.47. The molecule has 22 heavy (non-hydrogen) atoms. The molecule has 1 saturated heterocycles. The number of aliphatic hydroxyl groups is 1. The van der Waals surface area contributed by atoms with Gasteiger partial charge in [0, 0.05) is 12.6 Å². The van der Waals surface area contributed by atoms with Crippen LogP contribution in [0.5, 0.6) is 0 Å². The van der Waals surface area contributed by atoms with Crippen LogP contribution in [0.2, 0.25) is 0 Å². The van der Waals surface area contributed by atoms with Crippen LogP contribution in [0.4, 0.5) is 4.39 Å². The number of aliphatic hydroxyl groups excluding tert-OH is 1. The summed E-state index contributed by atoms with van der Waals surface area (Å²) in [6, 6.07) is 6.95. The second-order valence-corrected chi connectivity index (χ2v) is 6.47. The van der Waals surface area contributed by atoms with Crippen molar-refractivity contribution in [2.24, 2.45) is 5.92 Å². The molecule has 3 rings (SSSR count). The van der Waals surface area contributed by atoms with Crippen LogP contribution in [0.15, 0.2) is 24.3 Å². The van der Waals surface area contributed by atoms with Crippen LogP contribution in [0.1, 0.15) is 31.2 Å². The molecular weight excluding hydrogens is 283 g/mol. The lowest BCUT2D eigenvalue weighted by Crippen LogP contribution is -2.44. The number of nitrogens with zero attached hydrogens (tertiary/aromatic N) is 1. The van der Waals surface area contributed by atoms with E-state index in [2.05, 4.69) is 10.2 Å². The molecule has 1 aliphatic carbocycles. The minimum absolute atomic E-state index is 0.0301. The largest absolute Gasteiger partial charge is 0.383 e. The summed E-state index contributed by atoms with van der Waals surface area (Å²) in [6.45, 7) is 2.37. The number of hydrogen-bond donors (Lipinski definition) is 2. The van der Waals surface area contributed by atoms with E-state index >= 15 is 0 Å². The van der Waals surface area contributed by atoms with Crippen LogP contribution >= 0.6 is 0 Å². The highest BCUT2D eigenvalue weighted by Gasteiger charge is 2.32. The van der Waals surface area contributed by atoms with Crippen LogP contribution < -0.4 is 5.32 Å². The molecule has 0 aromatic heterocycles. The normalized spacial score (nSPS) is 21.5. The maximum Gasteiger partial charge on any atom is 0.249 e. The molecule has 1 aromatic carbocycles. The smallest absolute Gasteiger partial charge is 0.249 e. The highest BCUT2D eigenvalue weighted by molar-refractivity contribution is 5.81. The maximum atomic E-state index is 13.2. The van der Waals surface area contributed by atoms with Crippen LogP contribution in [0.3, 0.4) is 0 Å². The third-order valence-corrected chi connectivity index (χ3v) is 4.57. The van der Waals surface area contributed by atoms with Gasteiger partial charge in [-0.3, -0.25) is 9.69 Å². The van der Waals surface area contributed by atoms with E-state index in [1.165, 1.54) is 6.07 Å². The Morgan fingerprint density at radius 3 is 2.68 bits per heavy atom. The van der Waals surface area contributed by atoms with Gasteiger partial charge in [0.1, 0.15) is 11.9 Å². The summed E-state index contributed by atoms with van der Waals surface area (Å²) in [5.41, 5.74) is 0.963. The van der Waals surface area contributed by atoms with E-state index in [1.54, 1.807) is 12.1 Å². The van der Waals surface area contributed by atoms with Crippen LogP contribution in [-0.2, 0) is 11.3 Å². The average molecular weight is 306 g/mol. The molecule has 1 aliphatic heterocycles. The number of rotatable bonds is 5. The van der Waals surface area contributed by atoms with E-state index in [4.69, 9.17) is 0 Å². The Morgan fingerprint density at radius 2 is 2.05 bits per heavy atom. The lowest BCUT2D eigenvalue weighted by atomic mass is 9.90. The number of carbonyl (C=O) groups excluding carboxylic acids is 1. The van der Waals surface area contributed by atoms with E-state index in [1.807, 2.05) is 6.07 Å². The van der Waals surface area contributed by atoms with Crippen molar-refractivity contribution in [3.8, 4) is 0 Å². The minimum Gasteiger partial charge on any atom is -0.383 e. The molecule has 5 heteroatoms. The van der Waals surface area contributed by atoms with Crippen molar-refractivity contribution in [2.45, 2.75) is 44.4 Å². The zero-order chi connectivity index (χ0) is 15.5. The van der Waals surface area contributed by atoms with Crippen LogP contribution in [0.25, 0.3) is 0 Å². The first-order valence-corrected chi connectivity index (χ1v) is 8.07. The first kappa shape index (κ1) is 15.4. The van der Waals surface area contributed by atoms with Crippen molar-refractivity contribution >= 4 is 5.91 Å². The zero-order valence-electron chi connectivity index (χ0n) is 12.7. The van der Waals surface area contributed by atoms with Gasteiger partial charge in [0.2, 0.25) is 5.91 Å². The van der Waals surface area contributed by atoms with Crippen molar-refractivity contribution in [1.82, 2.24) is 10.2 Å². The van der Waals surface area contributed by atoms with Crippen LogP contribution in [-0.4, -0.2) is 41.1 Å². The van der Waals surface area contributed by atoms with Crippen molar-refractivity contribution in [2.75, 3.05) is 13.1 Å². The Labute approximate surface area is 130 Å². The van der Waals surface area contributed by atoms with E-state index in [0.29, 0.717) is 0 Å². The Morgan fingerprint density at radius 1 is 1.32 bits per heavy atom. The number of likely N-dealkylation sites (tertiary alicyclic amines) is 1. The van der Waals surface area contributed by atoms with Gasteiger partial charge in [-0.2, -0.15) is 0 Å². The maximum absolute atomic E-state index is 13.2. The molecule has 1 heterocycles. The van der Waals surface area contributed by atoms with Crippen molar-refractivity contribution in [1.29, 1.82) is 0 Å². The summed E-state index contributed by atoms with van der Waals surface area (Å²) in [7, 11) is 0. The molecule has 4 nitrogen and oxygen atoms in total. The van der Waals surface area contributed by atoms with Gasteiger partial charge in [-0.25, -0.2) is 4.39 Å². The molecule has 2 N–H and O–H groups in total. The molecule has 120 valence electrons. The highest BCUT2D eigenvalue weighted by Crippen LogP contribution is 2.24. The molecule has 1 atom stereocenters. The summed E-state index contributed by atoms with van der Waals surface area (Å²) >= 11 is 0. The summed E-state index contributed by atoms with van der Waals surface area (Å²) in [4.78, 5) is 14.1. The van der Waals surface area contributed by atoms with Crippen molar-refractivity contribution in [3.63, 3.8) is 0 Å².